The molecule has 0 saturated heterocycles. The van der Waals surface area contributed by atoms with Crippen molar-refractivity contribution in [2.75, 3.05) is 10.6 Å². The first-order chi connectivity index (χ1) is 15.4. The van der Waals surface area contributed by atoms with Crippen molar-refractivity contribution >= 4 is 75.4 Å². The minimum absolute atomic E-state index is 0.318. The lowest BCUT2D eigenvalue weighted by atomic mass is 10.2. The molecule has 0 fully saturated rings. The number of aromatic nitrogens is 4. The van der Waals surface area contributed by atoms with Crippen molar-refractivity contribution in [3.8, 4) is 0 Å². The van der Waals surface area contributed by atoms with Crippen LogP contribution >= 0.6 is 58.6 Å². The van der Waals surface area contributed by atoms with E-state index in [0.717, 1.165) is 11.1 Å². The van der Waals surface area contributed by atoms with E-state index in [-0.39, 0.29) is 0 Å². The Morgan fingerprint density at radius 1 is 0.812 bits per heavy atom. The standard InChI is InChI=1S/C21H16Cl4N6S/c22-15-4-1-13(2-5-15)10-30-8-7-19(28-30)26-21(32)27-20-18(25)12-31(29-20)11-14-3-6-16(23)9-17(14)24/h1-9,12H,10-11H2,(H2,26,27,28,29,32). The summed E-state index contributed by atoms with van der Waals surface area (Å²) in [5.74, 6) is 1.02. The predicted molar refractivity (Wildman–Crippen MR) is 135 cm³/mol. The lowest BCUT2D eigenvalue weighted by molar-refractivity contribution is 0.689. The van der Waals surface area contributed by atoms with Crippen LogP contribution in [0.1, 0.15) is 11.1 Å². The first kappa shape index (κ1) is 22.9. The highest BCUT2D eigenvalue weighted by Gasteiger charge is 2.11. The zero-order chi connectivity index (χ0) is 22.7. The smallest absolute Gasteiger partial charge is 0.177 e. The molecular formula is C21H16Cl4N6S. The summed E-state index contributed by atoms with van der Waals surface area (Å²) >= 11 is 29.8. The highest BCUT2D eigenvalue weighted by atomic mass is 35.5. The second-order valence-electron chi connectivity index (χ2n) is 6.86. The number of benzene rings is 2. The molecule has 11 heteroatoms. The molecule has 0 aliphatic carbocycles. The Kier molecular flexibility index (Phi) is 7.23. The van der Waals surface area contributed by atoms with Gasteiger partial charge in [-0.15, -0.1) is 0 Å². The van der Waals surface area contributed by atoms with Crippen molar-refractivity contribution in [2.45, 2.75) is 13.1 Å². The Hall–Kier alpha value is -2.29. The van der Waals surface area contributed by atoms with Crippen LogP contribution < -0.4 is 10.6 Å². The van der Waals surface area contributed by atoms with E-state index in [9.17, 15) is 0 Å². The molecule has 0 unspecified atom stereocenters. The Morgan fingerprint density at radius 2 is 1.56 bits per heavy atom. The number of nitrogens with zero attached hydrogens (tertiary/aromatic N) is 4. The van der Waals surface area contributed by atoms with Gasteiger partial charge in [-0.2, -0.15) is 10.2 Å². The van der Waals surface area contributed by atoms with Crippen LogP contribution in [-0.2, 0) is 13.1 Å². The van der Waals surface area contributed by atoms with Crippen LogP contribution in [0.2, 0.25) is 20.1 Å². The van der Waals surface area contributed by atoms with Crippen molar-refractivity contribution < 1.29 is 0 Å². The summed E-state index contributed by atoms with van der Waals surface area (Å²) in [7, 11) is 0. The van der Waals surface area contributed by atoms with Gasteiger partial charge < -0.3 is 10.6 Å². The van der Waals surface area contributed by atoms with Gasteiger partial charge in [0.25, 0.3) is 0 Å². The maximum atomic E-state index is 6.31. The fourth-order valence-electron chi connectivity index (χ4n) is 2.94. The van der Waals surface area contributed by atoms with E-state index in [1.807, 2.05) is 42.6 Å². The summed E-state index contributed by atoms with van der Waals surface area (Å²) in [6.45, 7) is 1.05. The predicted octanol–water partition coefficient (Wildman–Crippen LogP) is 6.60. The third-order valence-corrected chi connectivity index (χ3v) is 5.76. The number of hydrogen-bond donors (Lipinski definition) is 2. The zero-order valence-corrected chi connectivity index (χ0v) is 20.2. The van der Waals surface area contributed by atoms with E-state index >= 15 is 0 Å². The van der Waals surface area contributed by atoms with Gasteiger partial charge in [-0.3, -0.25) is 9.36 Å². The van der Waals surface area contributed by atoms with Crippen molar-refractivity contribution in [1.82, 2.24) is 19.6 Å². The van der Waals surface area contributed by atoms with Crippen LogP contribution in [0.4, 0.5) is 11.6 Å². The van der Waals surface area contributed by atoms with Crippen LogP contribution in [0.15, 0.2) is 60.9 Å². The normalized spacial score (nSPS) is 10.9. The topological polar surface area (TPSA) is 59.7 Å². The molecule has 0 aliphatic heterocycles. The van der Waals surface area contributed by atoms with Gasteiger partial charge in [-0.05, 0) is 47.6 Å². The highest BCUT2D eigenvalue weighted by molar-refractivity contribution is 7.80. The molecular weight excluding hydrogens is 510 g/mol. The van der Waals surface area contributed by atoms with E-state index in [0.29, 0.717) is 49.9 Å². The minimum Gasteiger partial charge on any atom is -0.316 e. The van der Waals surface area contributed by atoms with Gasteiger partial charge in [0, 0.05) is 33.5 Å². The molecule has 6 nitrogen and oxygen atoms in total. The molecule has 0 radical (unpaired) electrons. The van der Waals surface area contributed by atoms with Gasteiger partial charge >= 0.3 is 0 Å². The van der Waals surface area contributed by atoms with E-state index in [1.54, 1.807) is 27.7 Å². The van der Waals surface area contributed by atoms with E-state index in [1.165, 1.54) is 0 Å². The third kappa shape index (κ3) is 5.94. The summed E-state index contributed by atoms with van der Waals surface area (Å²) in [6, 6.07) is 14.8. The maximum absolute atomic E-state index is 6.31. The fraction of sp³-hybridized carbons (Fsp3) is 0.0952. The molecule has 2 aromatic carbocycles. The zero-order valence-electron chi connectivity index (χ0n) is 16.4. The molecule has 2 N–H and O–H groups in total. The van der Waals surface area contributed by atoms with E-state index < -0.39 is 0 Å². The summed E-state index contributed by atoms with van der Waals surface area (Å²) in [6.07, 6.45) is 3.55. The fourth-order valence-corrected chi connectivity index (χ4v) is 3.93. The summed E-state index contributed by atoms with van der Waals surface area (Å²) in [5.41, 5.74) is 1.96. The van der Waals surface area contributed by atoms with Crippen molar-refractivity contribution in [3.05, 3.63) is 92.1 Å². The Bertz CT molecular complexity index is 1250. The molecule has 0 saturated carbocycles. The van der Waals surface area contributed by atoms with Gasteiger partial charge in [-0.1, -0.05) is 64.6 Å². The largest absolute Gasteiger partial charge is 0.316 e. The monoisotopic (exact) mass is 524 g/mol. The quantitative estimate of drug-likeness (QED) is 0.278. The Balaban J connectivity index is 1.36. The highest BCUT2D eigenvalue weighted by Crippen LogP contribution is 2.24. The van der Waals surface area contributed by atoms with E-state index in [2.05, 4.69) is 20.8 Å². The number of anilines is 2. The van der Waals surface area contributed by atoms with Gasteiger partial charge in [0.05, 0.1) is 13.1 Å². The molecule has 4 rings (SSSR count). The Labute approximate surface area is 210 Å². The lowest BCUT2D eigenvalue weighted by Crippen LogP contribution is -2.20. The number of nitrogens with one attached hydrogen (secondary N) is 2. The molecule has 164 valence electrons. The maximum Gasteiger partial charge on any atom is 0.177 e. The van der Waals surface area contributed by atoms with E-state index in [4.69, 9.17) is 58.6 Å². The number of thiocarbonyl (C=S) groups is 1. The second-order valence-corrected chi connectivity index (χ2v) is 8.96. The summed E-state index contributed by atoms with van der Waals surface area (Å²) in [5, 5.41) is 17.5. The molecule has 4 aromatic rings. The molecule has 0 amide bonds. The van der Waals surface area contributed by atoms with Gasteiger partial charge in [-0.25, -0.2) is 0 Å². The number of halogens is 4. The Morgan fingerprint density at radius 3 is 2.31 bits per heavy atom. The minimum atomic E-state index is 0.318. The summed E-state index contributed by atoms with van der Waals surface area (Å²) < 4.78 is 3.47. The van der Waals surface area contributed by atoms with Gasteiger partial charge in [0.2, 0.25) is 0 Å². The molecule has 32 heavy (non-hydrogen) atoms. The van der Waals surface area contributed by atoms with Crippen LogP contribution in [0.5, 0.6) is 0 Å². The van der Waals surface area contributed by atoms with Gasteiger partial charge in [0.1, 0.15) is 5.02 Å². The van der Waals surface area contributed by atoms with Gasteiger partial charge in [0.15, 0.2) is 16.7 Å². The first-order valence-electron chi connectivity index (χ1n) is 9.38. The molecule has 2 heterocycles. The average molecular weight is 526 g/mol. The second kappa shape index (κ2) is 10.1. The van der Waals surface area contributed by atoms with Crippen LogP contribution in [0.25, 0.3) is 0 Å². The van der Waals surface area contributed by atoms with Crippen LogP contribution in [0, 0.1) is 0 Å². The number of rotatable bonds is 6. The molecule has 0 bridgehead atoms. The average Bonchev–Trinajstić information content (AvgIpc) is 3.31. The van der Waals surface area contributed by atoms with Crippen molar-refractivity contribution in [3.63, 3.8) is 0 Å². The molecule has 0 aliphatic rings. The first-order valence-corrected chi connectivity index (χ1v) is 11.3. The molecule has 0 spiro atoms. The molecule has 2 aromatic heterocycles. The lowest BCUT2D eigenvalue weighted by Gasteiger charge is -2.07. The summed E-state index contributed by atoms with van der Waals surface area (Å²) in [4.78, 5) is 0. The SMILES string of the molecule is S=C(Nc1ccn(Cc2ccc(Cl)cc2)n1)Nc1nn(Cc2ccc(Cl)cc2Cl)cc1Cl. The number of hydrogen-bond acceptors (Lipinski definition) is 3. The van der Waals surface area contributed by atoms with Crippen molar-refractivity contribution in [1.29, 1.82) is 0 Å². The van der Waals surface area contributed by atoms with Crippen molar-refractivity contribution in [2.24, 2.45) is 0 Å². The van der Waals surface area contributed by atoms with Crippen LogP contribution in [0.3, 0.4) is 0 Å². The molecule has 0 atom stereocenters. The third-order valence-electron chi connectivity index (χ3n) is 4.44. The van der Waals surface area contributed by atoms with Crippen LogP contribution in [-0.4, -0.2) is 24.7 Å².